The van der Waals surface area contributed by atoms with Crippen LogP contribution in [0, 0.1) is 0 Å². The molecule has 1 fully saturated rings. The molecule has 1 aromatic heterocycles. The van der Waals surface area contributed by atoms with Gasteiger partial charge < -0.3 is 25.0 Å². The number of nitrogens with one attached hydrogen (secondary N) is 2. The molecule has 2 aliphatic rings. The molecule has 0 unspecified atom stereocenters. The van der Waals surface area contributed by atoms with Gasteiger partial charge in [-0.3, -0.25) is 4.90 Å². The number of amides is 3. The molecule has 0 aliphatic carbocycles. The van der Waals surface area contributed by atoms with Crippen molar-refractivity contribution in [3.8, 4) is 11.4 Å². The molecule has 1 aromatic carbocycles. The fourth-order valence-corrected chi connectivity index (χ4v) is 4.92. The van der Waals surface area contributed by atoms with E-state index >= 15 is 0 Å². The first-order chi connectivity index (χ1) is 18.6. The maximum atomic E-state index is 13.2. The number of carbonyl (C=O) groups excluding carboxylic acids is 2. The third-order valence-corrected chi connectivity index (χ3v) is 6.71. The first kappa shape index (κ1) is 28.4. The molecule has 10 heteroatoms. The van der Waals surface area contributed by atoms with Crippen LogP contribution in [0.15, 0.2) is 36.9 Å². The van der Waals surface area contributed by atoms with Crippen LogP contribution in [-0.4, -0.2) is 71.5 Å². The summed E-state index contributed by atoms with van der Waals surface area (Å²) in [4.78, 5) is 39.3. The Morgan fingerprint density at radius 2 is 1.95 bits per heavy atom. The highest BCUT2D eigenvalue weighted by atomic mass is 16.6. The zero-order valence-electron chi connectivity index (χ0n) is 23.6. The van der Waals surface area contributed by atoms with E-state index in [9.17, 15) is 9.59 Å². The Balaban J connectivity index is 1.77. The average molecular weight is 537 g/mol. The number of fused-ring (bicyclic) bond motifs is 1. The van der Waals surface area contributed by atoms with E-state index in [1.54, 1.807) is 4.90 Å². The first-order valence-corrected chi connectivity index (χ1v) is 13.6. The highest BCUT2D eigenvalue weighted by Gasteiger charge is 2.37. The van der Waals surface area contributed by atoms with E-state index in [1.807, 2.05) is 58.0 Å². The molecule has 3 heterocycles. The number of benzene rings is 1. The van der Waals surface area contributed by atoms with Crippen molar-refractivity contribution in [3.05, 3.63) is 48.2 Å². The molecule has 2 atom stereocenters. The van der Waals surface area contributed by atoms with Crippen LogP contribution in [0.2, 0.25) is 0 Å². The van der Waals surface area contributed by atoms with Gasteiger partial charge in [0.05, 0.1) is 31.0 Å². The number of ether oxygens (including phenoxy) is 2. The molecule has 0 radical (unpaired) electrons. The number of carbonyl (C=O) groups is 2. The summed E-state index contributed by atoms with van der Waals surface area (Å²) in [7, 11) is 0. The van der Waals surface area contributed by atoms with Gasteiger partial charge in [-0.2, -0.15) is 0 Å². The van der Waals surface area contributed by atoms with Crippen LogP contribution in [0.3, 0.4) is 0 Å². The van der Waals surface area contributed by atoms with E-state index in [0.717, 1.165) is 29.2 Å². The molecule has 0 saturated carbocycles. The second kappa shape index (κ2) is 12.0. The summed E-state index contributed by atoms with van der Waals surface area (Å²) in [5.41, 5.74) is 2.74. The third kappa shape index (κ3) is 6.68. The number of nitrogens with zero attached hydrogens (tertiary/aromatic N) is 4. The van der Waals surface area contributed by atoms with E-state index in [0.29, 0.717) is 50.7 Å². The predicted octanol–water partition coefficient (Wildman–Crippen LogP) is 4.92. The van der Waals surface area contributed by atoms with Crippen molar-refractivity contribution in [1.82, 2.24) is 20.2 Å². The molecule has 10 nitrogen and oxygen atoms in total. The highest BCUT2D eigenvalue weighted by Crippen LogP contribution is 2.38. The lowest BCUT2D eigenvalue weighted by molar-refractivity contribution is 0.0138. The van der Waals surface area contributed by atoms with Crippen molar-refractivity contribution in [2.24, 2.45) is 0 Å². The van der Waals surface area contributed by atoms with E-state index < -0.39 is 5.60 Å². The Morgan fingerprint density at radius 3 is 2.59 bits per heavy atom. The number of morpholine rings is 1. The minimum atomic E-state index is -0.606. The quantitative estimate of drug-likeness (QED) is 0.505. The number of anilines is 2. The standard InChI is InChI=1S/C29H40N6O4/c1-7-9-23-24-22(14-15-35(23)28(37)39-29(4,5)6)26(34-16-17-38-18-19(34)3)33-25(32-24)20-10-12-21(13-11-20)31-27(36)30-8-2/h7,10-13,19,23H,1,8-9,14-18H2,2-6H3,(H2,30,31,36)/t19-,23+/m0/s1. The minimum absolute atomic E-state index is 0.149. The van der Waals surface area contributed by atoms with Crippen LogP contribution in [0.25, 0.3) is 11.4 Å². The van der Waals surface area contributed by atoms with Crippen LogP contribution in [0.1, 0.15) is 58.3 Å². The third-order valence-electron chi connectivity index (χ3n) is 6.71. The fourth-order valence-electron chi connectivity index (χ4n) is 4.92. The molecule has 2 aliphatic heterocycles. The van der Waals surface area contributed by atoms with E-state index in [-0.39, 0.29) is 24.2 Å². The van der Waals surface area contributed by atoms with Crippen LogP contribution < -0.4 is 15.5 Å². The van der Waals surface area contributed by atoms with Gasteiger partial charge in [0, 0.05) is 36.4 Å². The molecule has 2 N–H and O–H groups in total. The van der Waals surface area contributed by atoms with E-state index in [4.69, 9.17) is 19.4 Å². The van der Waals surface area contributed by atoms with Crippen molar-refractivity contribution >= 4 is 23.6 Å². The van der Waals surface area contributed by atoms with Gasteiger partial charge in [0.15, 0.2) is 5.82 Å². The summed E-state index contributed by atoms with van der Waals surface area (Å²) in [5.74, 6) is 1.44. The van der Waals surface area contributed by atoms with Crippen molar-refractivity contribution in [1.29, 1.82) is 0 Å². The van der Waals surface area contributed by atoms with Crippen molar-refractivity contribution in [2.75, 3.05) is 43.1 Å². The summed E-state index contributed by atoms with van der Waals surface area (Å²) in [6.07, 6.45) is 2.62. The summed E-state index contributed by atoms with van der Waals surface area (Å²) >= 11 is 0. The topological polar surface area (TPSA) is 109 Å². The number of aromatic nitrogens is 2. The van der Waals surface area contributed by atoms with Gasteiger partial charge in [-0.1, -0.05) is 6.08 Å². The van der Waals surface area contributed by atoms with Gasteiger partial charge in [0.25, 0.3) is 0 Å². The maximum absolute atomic E-state index is 13.2. The van der Waals surface area contributed by atoms with Gasteiger partial charge in [0.1, 0.15) is 11.4 Å². The zero-order valence-corrected chi connectivity index (χ0v) is 23.6. The minimum Gasteiger partial charge on any atom is -0.444 e. The van der Waals surface area contributed by atoms with Gasteiger partial charge >= 0.3 is 12.1 Å². The SMILES string of the molecule is C=CC[C@@H]1c2nc(-c3ccc(NC(=O)NCC)cc3)nc(N3CCOC[C@@H]3C)c2CCN1C(=O)OC(C)(C)C. The number of hydrogen-bond donors (Lipinski definition) is 2. The predicted molar refractivity (Wildman–Crippen MR) is 152 cm³/mol. The lowest BCUT2D eigenvalue weighted by atomic mass is 9.94. The largest absolute Gasteiger partial charge is 0.444 e. The van der Waals surface area contributed by atoms with Crippen LogP contribution in [0.5, 0.6) is 0 Å². The molecule has 0 spiro atoms. The number of hydrogen-bond acceptors (Lipinski definition) is 7. The zero-order chi connectivity index (χ0) is 28.2. The summed E-state index contributed by atoms with van der Waals surface area (Å²) < 4.78 is 11.5. The van der Waals surface area contributed by atoms with Crippen molar-refractivity contribution in [3.63, 3.8) is 0 Å². The molecule has 3 amide bonds. The molecule has 39 heavy (non-hydrogen) atoms. The lowest BCUT2D eigenvalue weighted by Gasteiger charge is -2.40. The monoisotopic (exact) mass is 536 g/mol. The molecule has 0 bridgehead atoms. The Hall–Kier alpha value is -3.66. The van der Waals surface area contributed by atoms with Gasteiger partial charge in [-0.05, 0) is 71.7 Å². The molecule has 1 saturated heterocycles. The Labute approximate surface area is 230 Å². The highest BCUT2D eigenvalue weighted by molar-refractivity contribution is 5.89. The van der Waals surface area contributed by atoms with E-state index in [1.165, 1.54) is 0 Å². The summed E-state index contributed by atoms with van der Waals surface area (Å²) in [6.45, 7) is 16.6. The summed E-state index contributed by atoms with van der Waals surface area (Å²) in [6, 6.07) is 7.03. The van der Waals surface area contributed by atoms with Gasteiger partial charge in [-0.25, -0.2) is 19.6 Å². The second-order valence-corrected chi connectivity index (χ2v) is 10.9. The van der Waals surface area contributed by atoms with Crippen molar-refractivity contribution in [2.45, 2.75) is 65.1 Å². The van der Waals surface area contributed by atoms with Crippen LogP contribution >= 0.6 is 0 Å². The number of urea groups is 1. The molecule has 210 valence electrons. The molecule has 2 aromatic rings. The van der Waals surface area contributed by atoms with Crippen LogP contribution in [0.4, 0.5) is 21.1 Å². The number of rotatable bonds is 6. The van der Waals surface area contributed by atoms with Crippen molar-refractivity contribution < 1.29 is 19.1 Å². The molecular weight excluding hydrogens is 496 g/mol. The Morgan fingerprint density at radius 1 is 1.21 bits per heavy atom. The summed E-state index contributed by atoms with van der Waals surface area (Å²) in [5, 5.41) is 5.54. The first-order valence-electron chi connectivity index (χ1n) is 13.6. The molecular formula is C29H40N6O4. The normalized spacial score (nSPS) is 19.2. The van der Waals surface area contributed by atoms with Gasteiger partial charge in [0.2, 0.25) is 0 Å². The van der Waals surface area contributed by atoms with Crippen LogP contribution in [-0.2, 0) is 15.9 Å². The lowest BCUT2D eigenvalue weighted by Crippen LogP contribution is -2.47. The Kier molecular flexibility index (Phi) is 8.74. The fraction of sp³-hybridized carbons (Fsp3) is 0.517. The smallest absolute Gasteiger partial charge is 0.410 e. The molecule has 4 rings (SSSR count). The second-order valence-electron chi connectivity index (χ2n) is 10.9. The van der Waals surface area contributed by atoms with Gasteiger partial charge in [-0.15, -0.1) is 6.58 Å². The Bertz CT molecular complexity index is 1190. The average Bonchev–Trinajstić information content (AvgIpc) is 2.88. The van der Waals surface area contributed by atoms with E-state index in [2.05, 4.69) is 29.0 Å². The maximum Gasteiger partial charge on any atom is 0.410 e.